The van der Waals surface area contributed by atoms with Gasteiger partial charge in [-0.1, -0.05) is 18.2 Å². The number of amides is 1. The van der Waals surface area contributed by atoms with Crippen LogP contribution in [0.25, 0.3) is 10.1 Å². The van der Waals surface area contributed by atoms with Crippen LogP contribution in [0.2, 0.25) is 0 Å². The van der Waals surface area contributed by atoms with Gasteiger partial charge in [-0.3, -0.25) is 4.79 Å². The van der Waals surface area contributed by atoms with Gasteiger partial charge in [0.15, 0.2) is 0 Å². The van der Waals surface area contributed by atoms with Crippen LogP contribution >= 0.6 is 11.3 Å². The standard InChI is InChI=1S/C21H19FN2O5S2/c1-29-21(26)19-18(15-5-2-3-7-17(15)30-19)23-20(25)16-6-4-12-24(16)31(27,28)14-10-8-13(22)9-11-14/h2-3,5,7-11,16H,4,6,12H2,1H3,(H,23,25)/t16-/m0/s1. The fraction of sp³-hybridized carbons (Fsp3) is 0.238. The fourth-order valence-corrected chi connectivity index (χ4v) is 6.38. The number of hydrogen-bond acceptors (Lipinski definition) is 6. The van der Waals surface area contributed by atoms with Gasteiger partial charge >= 0.3 is 5.97 Å². The van der Waals surface area contributed by atoms with E-state index in [0.29, 0.717) is 23.9 Å². The molecule has 1 aliphatic heterocycles. The molecule has 0 unspecified atom stereocenters. The number of thiophene rings is 1. The van der Waals surface area contributed by atoms with Crippen LogP contribution in [0.15, 0.2) is 53.4 Å². The molecular formula is C21H19FN2O5S2. The lowest BCUT2D eigenvalue weighted by Crippen LogP contribution is -2.43. The van der Waals surface area contributed by atoms with Crippen molar-refractivity contribution in [2.24, 2.45) is 0 Å². The molecule has 1 amide bonds. The Hall–Kier alpha value is -2.82. The van der Waals surface area contributed by atoms with E-state index in [0.717, 1.165) is 21.1 Å². The third kappa shape index (κ3) is 3.93. The smallest absolute Gasteiger partial charge is 0.350 e. The second kappa shape index (κ2) is 8.37. The van der Waals surface area contributed by atoms with Gasteiger partial charge in [-0.2, -0.15) is 4.31 Å². The first-order valence-electron chi connectivity index (χ1n) is 9.51. The summed E-state index contributed by atoms with van der Waals surface area (Å²) in [7, 11) is -2.73. The van der Waals surface area contributed by atoms with E-state index in [2.05, 4.69) is 5.32 Å². The molecular weight excluding hydrogens is 443 g/mol. The maximum absolute atomic E-state index is 13.2. The summed E-state index contributed by atoms with van der Waals surface area (Å²) < 4.78 is 46.1. The van der Waals surface area contributed by atoms with Crippen LogP contribution in [0, 0.1) is 5.82 Å². The highest BCUT2D eigenvalue weighted by Gasteiger charge is 2.40. The fourth-order valence-electron chi connectivity index (χ4n) is 3.64. The van der Waals surface area contributed by atoms with E-state index in [1.165, 1.54) is 30.6 Å². The zero-order valence-electron chi connectivity index (χ0n) is 16.5. The van der Waals surface area contributed by atoms with E-state index in [1.54, 1.807) is 12.1 Å². The van der Waals surface area contributed by atoms with Crippen LogP contribution in [0.4, 0.5) is 10.1 Å². The van der Waals surface area contributed by atoms with Crippen molar-refractivity contribution in [3.8, 4) is 0 Å². The summed E-state index contributed by atoms with van der Waals surface area (Å²) in [5, 5.41) is 3.43. The second-order valence-electron chi connectivity index (χ2n) is 7.01. The summed E-state index contributed by atoms with van der Waals surface area (Å²) in [5.41, 5.74) is 0.309. The number of carbonyl (C=O) groups excluding carboxylic acids is 2. The number of sulfonamides is 1. The van der Waals surface area contributed by atoms with Crippen molar-refractivity contribution < 1.29 is 27.1 Å². The Kier molecular flexibility index (Phi) is 5.78. The number of rotatable bonds is 5. The summed E-state index contributed by atoms with van der Waals surface area (Å²) in [4.78, 5) is 25.5. The van der Waals surface area contributed by atoms with Crippen molar-refractivity contribution in [1.29, 1.82) is 0 Å². The number of hydrogen-bond donors (Lipinski definition) is 1. The van der Waals surface area contributed by atoms with E-state index >= 15 is 0 Å². The first-order chi connectivity index (χ1) is 14.8. The molecule has 0 saturated carbocycles. The summed E-state index contributed by atoms with van der Waals surface area (Å²) in [6.07, 6.45) is 0.842. The number of esters is 1. The lowest BCUT2D eigenvalue weighted by molar-refractivity contribution is -0.119. The molecule has 3 aromatic rings. The average molecular weight is 463 g/mol. The number of nitrogens with one attached hydrogen (secondary N) is 1. The number of ether oxygens (including phenoxy) is 1. The number of anilines is 1. The molecule has 1 aromatic heterocycles. The molecule has 0 bridgehead atoms. The van der Waals surface area contributed by atoms with E-state index in [9.17, 15) is 22.4 Å². The molecule has 1 fully saturated rings. The third-order valence-electron chi connectivity index (χ3n) is 5.14. The van der Waals surface area contributed by atoms with Crippen molar-refractivity contribution in [2.45, 2.75) is 23.8 Å². The number of carbonyl (C=O) groups is 2. The minimum atomic E-state index is -3.99. The Bertz CT molecular complexity index is 1250. The molecule has 1 atom stereocenters. The molecule has 0 radical (unpaired) electrons. The third-order valence-corrected chi connectivity index (χ3v) is 8.21. The largest absolute Gasteiger partial charge is 0.465 e. The number of halogens is 1. The van der Waals surface area contributed by atoms with E-state index in [4.69, 9.17) is 4.74 Å². The molecule has 0 aliphatic carbocycles. The summed E-state index contributed by atoms with van der Waals surface area (Å²) in [6.45, 7) is 0.173. The van der Waals surface area contributed by atoms with Crippen LogP contribution in [0.3, 0.4) is 0 Å². The highest BCUT2D eigenvalue weighted by Crippen LogP contribution is 2.37. The number of nitrogens with zero attached hydrogens (tertiary/aromatic N) is 1. The number of methoxy groups -OCH3 is 1. The average Bonchev–Trinajstić information content (AvgIpc) is 3.40. The second-order valence-corrected chi connectivity index (χ2v) is 9.95. The molecule has 4 rings (SSSR count). The van der Waals surface area contributed by atoms with Crippen molar-refractivity contribution >= 4 is 49.0 Å². The molecule has 162 valence electrons. The number of benzene rings is 2. The Morgan fingerprint density at radius 3 is 2.58 bits per heavy atom. The molecule has 10 heteroatoms. The molecule has 0 spiro atoms. The quantitative estimate of drug-likeness (QED) is 0.585. The van der Waals surface area contributed by atoms with Crippen LogP contribution in [-0.4, -0.2) is 44.3 Å². The van der Waals surface area contributed by atoms with Crippen molar-refractivity contribution in [2.75, 3.05) is 19.0 Å². The number of fused-ring (bicyclic) bond motifs is 1. The zero-order valence-corrected chi connectivity index (χ0v) is 18.1. The van der Waals surface area contributed by atoms with Crippen LogP contribution < -0.4 is 5.32 Å². The SMILES string of the molecule is COC(=O)c1sc2ccccc2c1NC(=O)[C@@H]1CCCN1S(=O)(=O)c1ccc(F)cc1. The first-order valence-corrected chi connectivity index (χ1v) is 11.8. The molecule has 31 heavy (non-hydrogen) atoms. The summed E-state index contributed by atoms with van der Waals surface area (Å²) in [6, 6.07) is 10.7. The Labute approximate surface area is 182 Å². The highest BCUT2D eigenvalue weighted by molar-refractivity contribution is 7.89. The van der Waals surface area contributed by atoms with Crippen LogP contribution in [-0.2, 0) is 19.6 Å². The van der Waals surface area contributed by atoms with Gasteiger partial charge in [0.25, 0.3) is 0 Å². The van der Waals surface area contributed by atoms with Crippen molar-refractivity contribution in [3.63, 3.8) is 0 Å². The van der Waals surface area contributed by atoms with Crippen molar-refractivity contribution in [3.05, 3.63) is 59.2 Å². The topological polar surface area (TPSA) is 92.8 Å². The monoisotopic (exact) mass is 462 g/mol. The van der Waals surface area contributed by atoms with Crippen LogP contribution in [0.5, 0.6) is 0 Å². The van der Waals surface area contributed by atoms with Gasteiger partial charge in [0.2, 0.25) is 15.9 Å². The molecule has 1 N–H and O–H groups in total. The van der Waals surface area contributed by atoms with E-state index in [-0.39, 0.29) is 16.3 Å². The lowest BCUT2D eigenvalue weighted by Gasteiger charge is -2.23. The van der Waals surface area contributed by atoms with Gasteiger partial charge in [0.1, 0.15) is 16.7 Å². The molecule has 1 aliphatic rings. The van der Waals surface area contributed by atoms with Gasteiger partial charge in [-0.15, -0.1) is 11.3 Å². The van der Waals surface area contributed by atoms with E-state index in [1.807, 2.05) is 12.1 Å². The normalized spacial score (nSPS) is 17.0. The zero-order chi connectivity index (χ0) is 22.2. The minimum Gasteiger partial charge on any atom is -0.465 e. The predicted molar refractivity (Wildman–Crippen MR) is 115 cm³/mol. The Morgan fingerprint density at radius 2 is 1.87 bits per heavy atom. The van der Waals surface area contributed by atoms with Gasteiger partial charge in [-0.25, -0.2) is 17.6 Å². The van der Waals surface area contributed by atoms with Crippen molar-refractivity contribution in [1.82, 2.24) is 4.31 Å². The first kappa shape index (κ1) is 21.4. The highest BCUT2D eigenvalue weighted by atomic mass is 32.2. The van der Waals surface area contributed by atoms with E-state index < -0.39 is 33.8 Å². The van der Waals surface area contributed by atoms with Gasteiger partial charge < -0.3 is 10.1 Å². The molecule has 1 saturated heterocycles. The Balaban J connectivity index is 1.66. The predicted octanol–water partition coefficient (Wildman–Crippen LogP) is 3.62. The maximum atomic E-state index is 13.2. The molecule has 2 heterocycles. The lowest BCUT2D eigenvalue weighted by atomic mass is 10.2. The van der Waals surface area contributed by atoms with Gasteiger partial charge in [0.05, 0.1) is 17.7 Å². The van der Waals surface area contributed by atoms with Gasteiger partial charge in [0, 0.05) is 16.6 Å². The maximum Gasteiger partial charge on any atom is 0.350 e. The van der Waals surface area contributed by atoms with Crippen LogP contribution in [0.1, 0.15) is 22.5 Å². The summed E-state index contributed by atoms with van der Waals surface area (Å²) >= 11 is 1.19. The Morgan fingerprint density at radius 1 is 1.16 bits per heavy atom. The molecule has 2 aromatic carbocycles. The minimum absolute atomic E-state index is 0.0789. The molecule has 7 nitrogen and oxygen atoms in total. The summed E-state index contributed by atoms with van der Waals surface area (Å²) in [5.74, 6) is -1.66. The van der Waals surface area contributed by atoms with Gasteiger partial charge in [-0.05, 0) is 43.2 Å².